The number of thioether (sulfide) groups is 2. The lowest BCUT2D eigenvalue weighted by molar-refractivity contribution is -0.147. The second-order valence-electron chi connectivity index (χ2n) is 6.64. The SMILES string of the molecule is COc1ccc(COCC2=C([C@H](O)[C@H]3COC(C)(C)O3)SCCS2)cc1. The fourth-order valence-electron chi connectivity index (χ4n) is 2.85. The summed E-state index contributed by atoms with van der Waals surface area (Å²) in [5.74, 6) is 2.21. The highest BCUT2D eigenvalue weighted by Crippen LogP contribution is 2.39. The van der Waals surface area contributed by atoms with Gasteiger partial charge >= 0.3 is 0 Å². The van der Waals surface area contributed by atoms with Crippen LogP contribution in [0, 0.1) is 0 Å². The first-order chi connectivity index (χ1) is 12.5. The van der Waals surface area contributed by atoms with Crippen LogP contribution >= 0.6 is 23.5 Å². The van der Waals surface area contributed by atoms with Gasteiger partial charge < -0.3 is 24.1 Å². The maximum Gasteiger partial charge on any atom is 0.163 e. The van der Waals surface area contributed by atoms with Crippen molar-refractivity contribution in [2.45, 2.75) is 38.4 Å². The van der Waals surface area contributed by atoms with Gasteiger partial charge in [-0.1, -0.05) is 12.1 Å². The van der Waals surface area contributed by atoms with Gasteiger partial charge in [0, 0.05) is 21.3 Å². The van der Waals surface area contributed by atoms with Crippen LogP contribution in [0.4, 0.5) is 0 Å². The first-order valence-electron chi connectivity index (χ1n) is 8.67. The maximum atomic E-state index is 10.8. The summed E-state index contributed by atoms with van der Waals surface area (Å²) >= 11 is 3.45. The molecule has 0 aliphatic carbocycles. The van der Waals surface area contributed by atoms with Gasteiger partial charge in [0.25, 0.3) is 0 Å². The summed E-state index contributed by atoms with van der Waals surface area (Å²) < 4.78 is 22.5. The fourth-order valence-corrected chi connectivity index (χ4v) is 5.31. The molecule has 0 spiro atoms. The molecule has 2 aliphatic heterocycles. The van der Waals surface area contributed by atoms with Gasteiger partial charge in [-0.3, -0.25) is 0 Å². The summed E-state index contributed by atoms with van der Waals surface area (Å²) in [6.45, 7) is 5.17. The normalized spacial score (nSPS) is 23.9. The number of rotatable bonds is 7. The van der Waals surface area contributed by atoms with E-state index in [1.54, 1.807) is 30.6 Å². The van der Waals surface area contributed by atoms with E-state index in [0.29, 0.717) is 19.8 Å². The quantitative estimate of drug-likeness (QED) is 0.755. The van der Waals surface area contributed by atoms with E-state index in [-0.39, 0.29) is 6.10 Å². The molecule has 2 aliphatic rings. The number of methoxy groups -OCH3 is 1. The van der Waals surface area contributed by atoms with Gasteiger partial charge in [0.1, 0.15) is 18.0 Å². The third-order valence-corrected chi connectivity index (χ3v) is 6.89. The topological polar surface area (TPSA) is 57.2 Å². The van der Waals surface area contributed by atoms with Crippen LogP contribution in [0.1, 0.15) is 19.4 Å². The third kappa shape index (κ3) is 5.18. The molecule has 1 fully saturated rings. The number of aliphatic hydroxyl groups is 1. The zero-order valence-corrected chi connectivity index (χ0v) is 17.0. The Morgan fingerprint density at radius 1 is 1.19 bits per heavy atom. The minimum absolute atomic E-state index is 0.331. The Labute approximate surface area is 163 Å². The molecule has 0 radical (unpaired) electrons. The van der Waals surface area contributed by atoms with Crippen LogP contribution in [0.25, 0.3) is 0 Å². The molecule has 26 heavy (non-hydrogen) atoms. The summed E-state index contributed by atoms with van der Waals surface area (Å²) in [4.78, 5) is 2.05. The second kappa shape index (κ2) is 8.99. The Morgan fingerprint density at radius 3 is 2.58 bits per heavy atom. The summed E-state index contributed by atoms with van der Waals surface area (Å²) in [5, 5.41) is 10.8. The molecule has 0 unspecified atom stereocenters. The minimum Gasteiger partial charge on any atom is -0.497 e. The Morgan fingerprint density at radius 2 is 1.92 bits per heavy atom. The van der Waals surface area contributed by atoms with Crippen molar-refractivity contribution < 1.29 is 24.1 Å². The van der Waals surface area contributed by atoms with Crippen LogP contribution in [-0.4, -0.2) is 54.9 Å². The third-order valence-electron chi connectivity index (χ3n) is 4.20. The monoisotopic (exact) mass is 398 g/mol. The van der Waals surface area contributed by atoms with Gasteiger partial charge in [0.15, 0.2) is 5.79 Å². The van der Waals surface area contributed by atoms with Crippen molar-refractivity contribution in [3.8, 4) is 5.75 Å². The average Bonchev–Trinajstić information content (AvgIpc) is 3.02. The molecule has 1 N–H and O–H groups in total. The van der Waals surface area contributed by atoms with Crippen molar-refractivity contribution >= 4 is 23.5 Å². The molecule has 0 amide bonds. The molecule has 0 aromatic heterocycles. The maximum absolute atomic E-state index is 10.8. The molecule has 2 heterocycles. The Hall–Kier alpha value is -0.700. The van der Waals surface area contributed by atoms with E-state index in [0.717, 1.165) is 32.6 Å². The van der Waals surface area contributed by atoms with Gasteiger partial charge in [0.2, 0.25) is 0 Å². The number of aliphatic hydroxyl groups excluding tert-OH is 1. The molecule has 0 saturated carbocycles. The Bertz CT molecular complexity index is 629. The van der Waals surface area contributed by atoms with Crippen molar-refractivity contribution in [2.75, 3.05) is 31.8 Å². The Kier molecular flexibility index (Phi) is 6.93. The molecule has 0 bridgehead atoms. The van der Waals surface area contributed by atoms with Crippen molar-refractivity contribution in [1.82, 2.24) is 0 Å². The van der Waals surface area contributed by atoms with Gasteiger partial charge in [-0.15, -0.1) is 23.5 Å². The summed E-state index contributed by atoms with van der Waals surface area (Å²) in [6, 6.07) is 7.85. The highest BCUT2D eigenvalue weighted by atomic mass is 32.2. The molecule has 2 atom stereocenters. The lowest BCUT2D eigenvalue weighted by Crippen LogP contribution is -2.33. The predicted octanol–water partition coefficient (Wildman–Crippen LogP) is 3.42. The van der Waals surface area contributed by atoms with E-state index in [2.05, 4.69) is 0 Å². The van der Waals surface area contributed by atoms with Crippen LogP contribution in [0.2, 0.25) is 0 Å². The van der Waals surface area contributed by atoms with E-state index in [9.17, 15) is 5.11 Å². The van der Waals surface area contributed by atoms with Crippen LogP contribution < -0.4 is 4.74 Å². The van der Waals surface area contributed by atoms with Crippen LogP contribution in [-0.2, 0) is 20.8 Å². The zero-order valence-electron chi connectivity index (χ0n) is 15.4. The molecule has 3 rings (SSSR count). The molecule has 7 heteroatoms. The lowest BCUT2D eigenvalue weighted by atomic mass is 10.2. The Balaban J connectivity index is 1.59. The number of hydrogen-bond acceptors (Lipinski definition) is 7. The molecular weight excluding hydrogens is 372 g/mol. The van der Waals surface area contributed by atoms with E-state index in [1.165, 1.54) is 0 Å². The summed E-state index contributed by atoms with van der Waals surface area (Å²) in [7, 11) is 1.66. The minimum atomic E-state index is -0.672. The van der Waals surface area contributed by atoms with E-state index in [1.807, 2.05) is 38.1 Å². The van der Waals surface area contributed by atoms with Crippen molar-refractivity contribution in [2.24, 2.45) is 0 Å². The van der Waals surface area contributed by atoms with Crippen molar-refractivity contribution in [1.29, 1.82) is 0 Å². The van der Waals surface area contributed by atoms with Gasteiger partial charge in [-0.25, -0.2) is 0 Å². The molecule has 1 aromatic rings. The standard InChI is InChI=1S/C19H26O5S2/c1-19(2)23-11-15(24-19)17(20)18-16(25-8-9-26-18)12-22-10-13-4-6-14(21-3)7-5-13/h4-7,15,17,20H,8-12H2,1-3H3/t15-,17-/m1/s1. The molecule has 5 nitrogen and oxygen atoms in total. The molecule has 1 aromatic carbocycles. The fraction of sp³-hybridized carbons (Fsp3) is 0.579. The average molecular weight is 399 g/mol. The van der Waals surface area contributed by atoms with Crippen molar-refractivity contribution in [3.05, 3.63) is 39.6 Å². The van der Waals surface area contributed by atoms with E-state index < -0.39 is 11.9 Å². The summed E-state index contributed by atoms with van der Waals surface area (Å²) in [5.41, 5.74) is 1.09. The number of hydrogen-bond donors (Lipinski definition) is 1. The second-order valence-corrected chi connectivity index (χ2v) is 8.96. The highest BCUT2D eigenvalue weighted by molar-refractivity contribution is 8.10. The van der Waals surface area contributed by atoms with Crippen molar-refractivity contribution in [3.63, 3.8) is 0 Å². The van der Waals surface area contributed by atoms with E-state index in [4.69, 9.17) is 18.9 Å². The first kappa shape index (κ1) is 20.0. The van der Waals surface area contributed by atoms with Crippen LogP contribution in [0.3, 0.4) is 0 Å². The molecule has 144 valence electrons. The lowest BCUT2D eigenvalue weighted by Gasteiger charge is -2.27. The smallest absolute Gasteiger partial charge is 0.163 e. The highest BCUT2D eigenvalue weighted by Gasteiger charge is 2.39. The zero-order chi connectivity index (χ0) is 18.6. The van der Waals surface area contributed by atoms with Gasteiger partial charge in [0.05, 0.1) is 26.9 Å². The first-order valence-corrected chi connectivity index (χ1v) is 10.6. The molecule has 1 saturated heterocycles. The number of ether oxygens (including phenoxy) is 4. The predicted molar refractivity (Wildman–Crippen MR) is 106 cm³/mol. The van der Waals surface area contributed by atoms with Crippen LogP contribution in [0.15, 0.2) is 34.1 Å². The van der Waals surface area contributed by atoms with Gasteiger partial charge in [-0.05, 0) is 31.5 Å². The summed E-state index contributed by atoms with van der Waals surface area (Å²) in [6.07, 6.45) is -1.00. The number of benzene rings is 1. The van der Waals surface area contributed by atoms with E-state index >= 15 is 0 Å². The molecular formula is C19H26O5S2. The van der Waals surface area contributed by atoms with Crippen LogP contribution in [0.5, 0.6) is 5.75 Å². The van der Waals surface area contributed by atoms with Gasteiger partial charge in [-0.2, -0.15) is 0 Å². The largest absolute Gasteiger partial charge is 0.497 e.